The fraction of sp³-hybridized carbons (Fsp3) is 0.632. The highest BCUT2D eigenvalue weighted by atomic mass is 32.2. The maximum absolute atomic E-state index is 13.0. The van der Waals surface area contributed by atoms with E-state index < -0.39 is 21.5 Å². The number of nitrogens with two attached hydrogens (primary N) is 1. The molecular formula is C19H26N2O3S. The van der Waals surface area contributed by atoms with Crippen LogP contribution in [0.3, 0.4) is 0 Å². The number of Topliss-reactive ketones (excluding diaryl/α,β-unsaturated/α-hetero) is 1. The van der Waals surface area contributed by atoms with Gasteiger partial charge >= 0.3 is 0 Å². The molecule has 1 aromatic carbocycles. The van der Waals surface area contributed by atoms with E-state index in [2.05, 4.69) is 18.6 Å². The Balaban J connectivity index is 1.58. The van der Waals surface area contributed by atoms with E-state index in [1.54, 1.807) is 0 Å². The first kappa shape index (κ1) is 17.2. The Morgan fingerprint density at radius 1 is 1.28 bits per heavy atom. The average Bonchev–Trinajstić information content (AvgIpc) is 2.85. The number of carbonyl (C=O) groups is 1. The first-order valence-corrected chi connectivity index (χ1v) is 10.7. The van der Waals surface area contributed by atoms with Crippen molar-refractivity contribution in [1.29, 1.82) is 0 Å². The summed E-state index contributed by atoms with van der Waals surface area (Å²) >= 11 is 0. The summed E-state index contributed by atoms with van der Waals surface area (Å²) in [5.41, 5.74) is 5.66. The number of carbonyl (C=O) groups excluding carboxylic acids is 1. The third kappa shape index (κ3) is 1.96. The smallest absolute Gasteiger partial charge is 0.212 e. The summed E-state index contributed by atoms with van der Waals surface area (Å²) in [7, 11) is -3.55. The molecule has 3 aliphatic rings. The maximum atomic E-state index is 13.0. The molecule has 0 bridgehead atoms. The van der Waals surface area contributed by atoms with Crippen LogP contribution in [0.1, 0.15) is 44.7 Å². The number of benzene rings is 1. The molecule has 3 N–H and O–H groups in total. The minimum atomic E-state index is -3.55. The molecule has 4 unspecified atom stereocenters. The summed E-state index contributed by atoms with van der Waals surface area (Å²) in [6.07, 6.45) is 2.44. The van der Waals surface area contributed by atoms with Gasteiger partial charge in [-0.3, -0.25) is 4.79 Å². The van der Waals surface area contributed by atoms with Crippen molar-refractivity contribution < 1.29 is 13.2 Å². The number of hydrogen-bond donors (Lipinski definition) is 2. The predicted molar refractivity (Wildman–Crippen MR) is 96.2 cm³/mol. The molecule has 3 saturated carbocycles. The van der Waals surface area contributed by atoms with E-state index in [1.807, 2.05) is 30.3 Å². The first-order chi connectivity index (χ1) is 11.7. The molecule has 3 fully saturated rings. The van der Waals surface area contributed by atoms with Crippen LogP contribution in [-0.2, 0) is 14.8 Å². The average molecular weight is 362 g/mol. The zero-order valence-corrected chi connectivity index (χ0v) is 15.6. The highest BCUT2D eigenvalue weighted by Crippen LogP contribution is 2.91. The SMILES string of the molecule is CC1(C)C2(CS(=O)(=O)NC(CN)c3ccccc3)CCC3CC(=O)C312. The molecule has 4 rings (SSSR count). The van der Waals surface area contributed by atoms with Crippen molar-refractivity contribution in [2.75, 3.05) is 12.3 Å². The molecule has 0 radical (unpaired) electrons. The number of ketones is 1. The standard InChI is InChI=1S/C19H26N2O3S/c1-17(2)18(9-8-14-10-16(22)19(14,17)18)12-25(23,24)21-15(11-20)13-6-4-3-5-7-13/h3-7,14-15,21H,8-12,20H2,1-2H3. The van der Waals surface area contributed by atoms with E-state index in [4.69, 9.17) is 5.73 Å². The highest BCUT2D eigenvalue weighted by Gasteiger charge is 2.92. The summed E-state index contributed by atoms with van der Waals surface area (Å²) in [5, 5.41) is 0. The van der Waals surface area contributed by atoms with E-state index in [0.717, 1.165) is 18.4 Å². The second kappa shape index (κ2) is 5.15. The molecule has 1 aromatic rings. The minimum absolute atomic E-state index is 0.0264. The van der Waals surface area contributed by atoms with Crippen LogP contribution in [0.5, 0.6) is 0 Å². The van der Waals surface area contributed by atoms with E-state index in [1.165, 1.54) is 0 Å². The second-order valence-corrected chi connectivity index (χ2v) is 10.2. The molecule has 0 aliphatic heterocycles. The molecule has 6 heteroatoms. The Bertz CT molecular complexity index is 820. The van der Waals surface area contributed by atoms with Gasteiger partial charge in [0.15, 0.2) is 0 Å². The molecule has 5 nitrogen and oxygen atoms in total. The zero-order valence-electron chi connectivity index (χ0n) is 14.8. The fourth-order valence-electron chi connectivity index (χ4n) is 6.38. The molecule has 3 aliphatic carbocycles. The van der Waals surface area contributed by atoms with Gasteiger partial charge in [0.25, 0.3) is 0 Å². The monoisotopic (exact) mass is 362 g/mol. The Morgan fingerprint density at radius 2 is 1.96 bits per heavy atom. The lowest BCUT2D eigenvalue weighted by Crippen LogP contribution is -2.43. The van der Waals surface area contributed by atoms with Crippen LogP contribution in [0.4, 0.5) is 0 Å². The van der Waals surface area contributed by atoms with Gasteiger partial charge in [-0.2, -0.15) is 0 Å². The Kier molecular flexibility index (Phi) is 3.54. The normalized spacial score (nSPS) is 36.3. The van der Waals surface area contributed by atoms with Crippen molar-refractivity contribution in [3.8, 4) is 0 Å². The quantitative estimate of drug-likeness (QED) is 0.810. The Labute approximate surface area is 149 Å². The van der Waals surface area contributed by atoms with Gasteiger partial charge in [-0.25, -0.2) is 13.1 Å². The lowest BCUT2D eigenvalue weighted by atomic mass is 9.65. The maximum Gasteiger partial charge on any atom is 0.212 e. The van der Waals surface area contributed by atoms with Crippen molar-refractivity contribution in [3.63, 3.8) is 0 Å². The minimum Gasteiger partial charge on any atom is -0.329 e. The van der Waals surface area contributed by atoms with Gasteiger partial charge in [0, 0.05) is 23.8 Å². The van der Waals surface area contributed by atoms with Crippen molar-refractivity contribution in [2.24, 2.45) is 27.9 Å². The van der Waals surface area contributed by atoms with Gasteiger partial charge in [0.05, 0.1) is 11.8 Å². The zero-order chi connectivity index (χ0) is 18.1. The van der Waals surface area contributed by atoms with E-state index in [-0.39, 0.29) is 28.9 Å². The summed E-state index contributed by atoms with van der Waals surface area (Å²) in [5.74, 6) is 0.678. The van der Waals surface area contributed by atoms with Gasteiger partial charge in [0.1, 0.15) is 5.78 Å². The van der Waals surface area contributed by atoms with Crippen LogP contribution in [0.2, 0.25) is 0 Å². The molecule has 0 heterocycles. The molecule has 4 atom stereocenters. The van der Waals surface area contributed by atoms with Crippen molar-refractivity contribution >= 4 is 15.8 Å². The molecule has 1 spiro atoms. The van der Waals surface area contributed by atoms with Crippen LogP contribution < -0.4 is 10.5 Å². The summed E-state index contributed by atoms with van der Waals surface area (Å²) in [4.78, 5) is 12.4. The van der Waals surface area contributed by atoms with E-state index >= 15 is 0 Å². The van der Waals surface area contributed by atoms with Gasteiger partial charge in [-0.1, -0.05) is 44.2 Å². The molecule has 0 amide bonds. The number of sulfonamides is 1. The van der Waals surface area contributed by atoms with Crippen LogP contribution >= 0.6 is 0 Å². The number of nitrogens with one attached hydrogen (secondary N) is 1. The van der Waals surface area contributed by atoms with Gasteiger partial charge in [-0.15, -0.1) is 0 Å². The van der Waals surface area contributed by atoms with Gasteiger partial charge < -0.3 is 5.73 Å². The van der Waals surface area contributed by atoms with Gasteiger partial charge in [-0.05, 0) is 29.7 Å². The topological polar surface area (TPSA) is 89.3 Å². The van der Waals surface area contributed by atoms with Crippen LogP contribution in [0, 0.1) is 22.2 Å². The third-order valence-corrected chi connectivity index (χ3v) is 8.99. The largest absolute Gasteiger partial charge is 0.329 e. The predicted octanol–water partition coefficient (Wildman–Crippen LogP) is 2.00. The highest BCUT2D eigenvalue weighted by molar-refractivity contribution is 7.89. The van der Waals surface area contributed by atoms with Crippen LogP contribution in [0.15, 0.2) is 30.3 Å². The molecular weight excluding hydrogens is 336 g/mol. The van der Waals surface area contributed by atoms with Crippen molar-refractivity contribution in [2.45, 2.75) is 39.2 Å². The number of hydrogen-bond acceptors (Lipinski definition) is 4. The Hall–Kier alpha value is -1.24. The molecule has 136 valence electrons. The summed E-state index contributed by atoms with van der Waals surface area (Å²) in [6.45, 7) is 4.35. The van der Waals surface area contributed by atoms with E-state index in [0.29, 0.717) is 12.3 Å². The summed E-state index contributed by atoms with van der Waals surface area (Å²) in [6, 6.07) is 8.96. The lowest BCUT2D eigenvalue weighted by molar-refractivity contribution is -0.138. The third-order valence-electron chi connectivity index (χ3n) is 7.47. The van der Waals surface area contributed by atoms with E-state index in [9.17, 15) is 13.2 Å². The fourth-order valence-corrected chi connectivity index (χ4v) is 8.51. The molecule has 25 heavy (non-hydrogen) atoms. The van der Waals surface area contributed by atoms with Crippen molar-refractivity contribution in [1.82, 2.24) is 4.72 Å². The Morgan fingerprint density at radius 3 is 2.52 bits per heavy atom. The lowest BCUT2D eigenvalue weighted by Gasteiger charge is -2.36. The molecule has 0 saturated heterocycles. The van der Waals surface area contributed by atoms with Gasteiger partial charge in [0.2, 0.25) is 10.0 Å². The first-order valence-electron chi connectivity index (χ1n) is 9.00. The number of rotatable bonds is 6. The van der Waals surface area contributed by atoms with Crippen molar-refractivity contribution in [3.05, 3.63) is 35.9 Å². The van der Waals surface area contributed by atoms with Crippen LogP contribution in [0.25, 0.3) is 0 Å². The molecule has 0 aromatic heterocycles. The summed E-state index contributed by atoms with van der Waals surface area (Å²) < 4.78 is 28.7. The second-order valence-electron chi connectivity index (χ2n) is 8.45. The van der Waals surface area contributed by atoms with Crippen LogP contribution in [-0.4, -0.2) is 26.5 Å².